The molecule has 7 atom stereocenters. The van der Waals surface area contributed by atoms with Gasteiger partial charge in [0.15, 0.2) is 40.0 Å². The van der Waals surface area contributed by atoms with Crippen LogP contribution in [-0.2, 0) is 42.3 Å². The quantitative estimate of drug-likeness (QED) is 0.0479. The number of fused-ring (bicyclic) bond motifs is 9. The third kappa shape index (κ3) is 12.3. The molecule has 16 nitrogen and oxygen atoms in total. The van der Waals surface area contributed by atoms with Crippen LogP contribution in [0.1, 0.15) is 211 Å². The third-order valence-electron chi connectivity index (χ3n) is 17.8. The van der Waals surface area contributed by atoms with Crippen molar-refractivity contribution in [2.45, 2.75) is 217 Å². The summed E-state index contributed by atoms with van der Waals surface area (Å²) in [5.41, 5.74) is 4.44. The monoisotopic (exact) mass is 1130 g/mol. The largest absolute Gasteiger partial charge is 0.493 e. The summed E-state index contributed by atoms with van der Waals surface area (Å²) in [6.45, 7) is 9.69. The summed E-state index contributed by atoms with van der Waals surface area (Å²) in [6, 6.07) is 5.39. The molecule has 0 aliphatic carbocycles. The standard InChI is InChI=1S/C64H86N4O12S/c1-9-11-13-15-16-17-18-19-20-21-22-24-26-28-51(71)80-61-52-43(31-39(3)57(61)74-8)32-45-46(35-65)68-47-36-75-63(72)64(44-34-48(73-7)49(33-42(44)29-30-66-64)79-50(70)27-25-23-14-12-10-2)37-81-62(56(68)55(52)67(45)6)54-53(47)60-59(76-38-77-60)40(4)58(54)78-41(5)69/h31,33-34,45-47,55-56,62,66H,9-30,32,36-38H2,1-8H3/t45-,46-,47-,55+,56?,62+,64+/m0/s1. The van der Waals surface area contributed by atoms with Gasteiger partial charge in [-0.05, 0) is 81.0 Å². The normalized spacial score (nSPS) is 23.3. The molecule has 0 aromatic heterocycles. The summed E-state index contributed by atoms with van der Waals surface area (Å²) in [5, 5.41) is 14.5. The molecule has 17 heteroatoms. The van der Waals surface area contributed by atoms with E-state index in [9.17, 15) is 19.6 Å². The number of carbonyl (C=O) groups is 4. The molecule has 0 amide bonds. The highest BCUT2D eigenvalue weighted by molar-refractivity contribution is 7.99. The average molecular weight is 1140 g/mol. The van der Waals surface area contributed by atoms with Gasteiger partial charge in [0.25, 0.3) is 0 Å². The molecule has 2 fully saturated rings. The molecule has 7 aliphatic rings. The zero-order valence-corrected chi connectivity index (χ0v) is 50.0. The molecule has 3 aromatic carbocycles. The number of benzene rings is 3. The van der Waals surface area contributed by atoms with Crippen molar-refractivity contribution in [1.82, 2.24) is 15.1 Å². The molecule has 4 bridgehead atoms. The molecular formula is C64H86N4O12S. The molecule has 440 valence electrons. The first-order valence-corrected chi connectivity index (χ1v) is 31.3. The summed E-state index contributed by atoms with van der Waals surface area (Å²) in [5.74, 6) is 0.992. The smallest absolute Gasteiger partial charge is 0.331 e. The van der Waals surface area contributed by atoms with Crippen LogP contribution in [0.5, 0.6) is 40.2 Å². The van der Waals surface area contributed by atoms with Gasteiger partial charge in [0.05, 0.1) is 37.6 Å². The van der Waals surface area contributed by atoms with Crippen molar-refractivity contribution in [2.24, 2.45) is 0 Å². The maximum Gasteiger partial charge on any atom is 0.331 e. The van der Waals surface area contributed by atoms with Crippen LogP contribution in [0, 0.1) is 25.2 Å². The van der Waals surface area contributed by atoms with Gasteiger partial charge in [-0.25, -0.2) is 4.79 Å². The van der Waals surface area contributed by atoms with E-state index in [1.165, 1.54) is 83.6 Å². The molecule has 0 radical (unpaired) electrons. The Morgan fingerprint density at radius 1 is 0.741 bits per heavy atom. The summed E-state index contributed by atoms with van der Waals surface area (Å²) in [6.07, 6.45) is 22.0. The lowest BCUT2D eigenvalue weighted by Gasteiger charge is -2.62. The number of hydrogen-bond donors (Lipinski definition) is 1. The van der Waals surface area contributed by atoms with Crippen LogP contribution in [-0.4, -0.2) is 98.8 Å². The van der Waals surface area contributed by atoms with E-state index in [-0.39, 0.29) is 50.0 Å². The fraction of sp³-hybridized carbons (Fsp3) is 0.641. The van der Waals surface area contributed by atoms with Crippen LogP contribution in [0.3, 0.4) is 0 Å². The van der Waals surface area contributed by atoms with E-state index in [2.05, 4.69) is 41.1 Å². The lowest BCUT2D eigenvalue weighted by atomic mass is 9.71. The summed E-state index contributed by atoms with van der Waals surface area (Å²) < 4.78 is 50.3. The number of esters is 4. The number of methoxy groups -OCH3 is 2. The molecule has 10 rings (SSSR count). The van der Waals surface area contributed by atoms with Crippen LogP contribution in [0.4, 0.5) is 0 Å². The van der Waals surface area contributed by atoms with E-state index < -0.39 is 46.9 Å². The number of rotatable bonds is 25. The lowest BCUT2D eigenvalue weighted by Crippen LogP contribution is -2.69. The first-order chi connectivity index (χ1) is 39.3. The summed E-state index contributed by atoms with van der Waals surface area (Å²) >= 11 is 1.50. The van der Waals surface area contributed by atoms with E-state index in [0.29, 0.717) is 88.3 Å². The molecule has 1 unspecified atom stereocenters. The van der Waals surface area contributed by atoms with Crippen LogP contribution in [0.15, 0.2) is 18.2 Å². The van der Waals surface area contributed by atoms with Gasteiger partial charge in [-0.3, -0.25) is 29.5 Å². The van der Waals surface area contributed by atoms with Crippen molar-refractivity contribution in [3.05, 3.63) is 62.7 Å². The molecule has 3 aromatic rings. The van der Waals surface area contributed by atoms with Gasteiger partial charge in [0.2, 0.25) is 6.79 Å². The highest BCUT2D eigenvalue weighted by Gasteiger charge is 2.62. The Morgan fingerprint density at radius 2 is 1.37 bits per heavy atom. The number of thioether (sulfide) groups is 1. The Hall–Kier alpha value is -5.54. The van der Waals surface area contributed by atoms with E-state index >= 15 is 4.79 Å². The van der Waals surface area contributed by atoms with E-state index in [1.807, 2.05) is 27.0 Å². The molecule has 7 aliphatic heterocycles. The molecule has 1 spiro atoms. The number of aryl methyl sites for hydroxylation is 1. The zero-order valence-electron chi connectivity index (χ0n) is 49.2. The van der Waals surface area contributed by atoms with Gasteiger partial charge < -0.3 is 37.9 Å². The maximum atomic E-state index is 15.4. The lowest BCUT2D eigenvalue weighted by molar-refractivity contribution is -0.157. The van der Waals surface area contributed by atoms with Crippen molar-refractivity contribution in [3.63, 3.8) is 0 Å². The van der Waals surface area contributed by atoms with Crippen LogP contribution < -0.4 is 38.5 Å². The number of ether oxygens (including phenoxy) is 8. The summed E-state index contributed by atoms with van der Waals surface area (Å²) in [7, 11) is 5.15. The topological polar surface area (TPSA) is 184 Å². The zero-order chi connectivity index (χ0) is 57.4. The third-order valence-corrected chi connectivity index (χ3v) is 19.3. The van der Waals surface area contributed by atoms with Gasteiger partial charge in [-0.1, -0.05) is 123 Å². The second kappa shape index (κ2) is 27.2. The molecule has 1 N–H and O–H groups in total. The number of hydrogen-bond acceptors (Lipinski definition) is 17. The van der Waals surface area contributed by atoms with E-state index in [0.717, 1.165) is 73.6 Å². The number of nitrogens with one attached hydrogen (secondary N) is 1. The fourth-order valence-corrected chi connectivity index (χ4v) is 15.5. The van der Waals surface area contributed by atoms with Crippen molar-refractivity contribution in [1.29, 1.82) is 5.26 Å². The van der Waals surface area contributed by atoms with Gasteiger partial charge in [0, 0.05) is 66.4 Å². The number of piperazine rings is 1. The molecule has 7 heterocycles. The number of nitriles is 1. The van der Waals surface area contributed by atoms with Crippen molar-refractivity contribution >= 4 is 35.6 Å². The maximum absolute atomic E-state index is 15.4. The van der Waals surface area contributed by atoms with E-state index in [1.54, 1.807) is 13.2 Å². The minimum atomic E-state index is -1.44. The number of nitrogens with zero attached hydrogens (tertiary/aromatic N) is 3. The van der Waals surface area contributed by atoms with Crippen molar-refractivity contribution in [2.75, 3.05) is 47.0 Å². The molecule has 0 saturated carbocycles. The number of carbonyl (C=O) groups excluding carboxylic acids is 4. The average Bonchev–Trinajstić information content (AvgIpc) is 3.84. The molecular weight excluding hydrogens is 1050 g/mol. The molecule has 2 saturated heterocycles. The molecule has 81 heavy (non-hydrogen) atoms. The second-order valence-corrected chi connectivity index (χ2v) is 24.3. The second-order valence-electron chi connectivity index (χ2n) is 23.2. The minimum absolute atomic E-state index is 0.0853. The Balaban J connectivity index is 1.09. The Labute approximate surface area is 483 Å². The first-order valence-electron chi connectivity index (χ1n) is 30.2. The van der Waals surface area contributed by atoms with Crippen LogP contribution in [0.25, 0.3) is 0 Å². The van der Waals surface area contributed by atoms with Crippen LogP contribution in [0.2, 0.25) is 0 Å². The summed E-state index contributed by atoms with van der Waals surface area (Å²) in [4.78, 5) is 60.7. The van der Waals surface area contributed by atoms with Gasteiger partial charge in [-0.2, -0.15) is 5.26 Å². The Kier molecular flexibility index (Phi) is 20.2. The SMILES string of the molecule is CCCCCCCCCCCCCCCC(=O)Oc1c(OC)c(C)cc2c1[C@@H]1C3[C@@H]4SC[C@]5(NCCc6cc(OC(=O)CCCCCCC)c(OC)cc65)C(=O)OC[C@@H](c5c6c(c(C)c(OC(C)=O)c54)OCO6)N3[C@@H](C#N)[C@H](C2)N1C. The fourth-order valence-electron chi connectivity index (χ4n) is 13.8. The number of unbranched alkanes of at least 4 members (excludes halogenated alkanes) is 16. The van der Waals surface area contributed by atoms with Gasteiger partial charge in [-0.15, -0.1) is 11.8 Å². The highest BCUT2D eigenvalue weighted by Crippen LogP contribution is 2.65. The van der Waals surface area contributed by atoms with Gasteiger partial charge >= 0.3 is 23.9 Å². The van der Waals surface area contributed by atoms with Crippen LogP contribution >= 0.6 is 11.8 Å². The van der Waals surface area contributed by atoms with Crippen molar-refractivity contribution < 1.29 is 57.1 Å². The Bertz CT molecular complexity index is 2830. The van der Waals surface area contributed by atoms with Crippen molar-refractivity contribution in [3.8, 4) is 46.3 Å². The highest BCUT2D eigenvalue weighted by atomic mass is 32.2. The number of likely N-dealkylation sites (N-methyl/N-ethyl adjacent to an activating group) is 1. The predicted molar refractivity (Wildman–Crippen MR) is 310 cm³/mol. The predicted octanol–water partition coefficient (Wildman–Crippen LogP) is 12.2. The van der Waals surface area contributed by atoms with Gasteiger partial charge in [0.1, 0.15) is 18.4 Å². The minimum Gasteiger partial charge on any atom is -0.493 e. The Morgan fingerprint density at radius 3 is 1.99 bits per heavy atom. The first kappa shape index (κ1) is 60.1. The van der Waals surface area contributed by atoms with E-state index in [4.69, 9.17) is 37.9 Å².